The van der Waals surface area contributed by atoms with E-state index in [0.717, 1.165) is 24.5 Å². The Hall–Kier alpha value is -2.75. The molecule has 140 valence electrons. The van der Waals surface area contributed by atoms with Crippen LogP contribution in [0.4, 0.5) is 24.5 Å². The summed E-state index contributed by atoms with van der Waals surface area (Å²) in [4.78, 5) is 12.2. The van der Waals surface area contributed by atoms with Gasteiger partial charge in [-0.15, -0.1) is 0 Å². The SMILES string of the molecule is COc1cc(NC(=O)c2cccc(C(F)(F)F)c2)ccc1NS(C)(=O)=O. The molecule has 0 aliphatic rings. The van der Waals surface area contributed by atoms with Gasteiger partial charge in [-0.1, -0.05) is 6.07 Å². The summed E-state index contributed by atoms with van der Waals surface area (Å²) < 4.78 is 68.1. The molecule has 2 aromatic rings. The first-order valence-corrected chi connectivity index (χ1v) is 9.03. The van der Waals surface area contributed by atoms with Crippen molar-refractivity contribution in [2.24, 2.45) is 0 Å². The summed E-state index contributed by atoms with van der Waals surface area (Å²) in [6.45, 7) is 0. The molecular formula is C16H15F3N2O4S. The number of ether oxygens (including phenoxy) is 1. The van der Waals surface area contributed by atoms with E-state index in [2.05, 4.69) is 10.0 Å². The molecular weight excluding hydrogens is 373 g/mol. The molecule has 0 atom stereocenters. The van der Waals surface area contributed by atoms with E-state index in [4.69, 9.17) is 4.74 Å². The molecule has 0 spiro atoms. The van der Waals surface area contributed by atoms with Crippen LogP contribution >= 0.6 is 0 Å². The maximum Gasteiger partial charge on any atom is 0.416 e. The Morgan fingerprint density at radius 1 is 1.12 bits per heavy atom. The van der Waals surface area contributed by atoms with Crippen LogP contribution in [0.5, 0.6) is 5.75 Å². The molecule has 0 unspecified atom stereocenters. The largest absolute Gasteiger partial charge is 0.494 e. The monoisotopic (exact) mass is 388 g/mol. The summed E-state index contributed by atoms with van der Waals surface area (Å²) in [6, 6.07) is 8.10. The highest BCUT2D eigenvalue weighted by Crippen LogP contribution is 2.31. The zero-order valence-electron chi connectivity index (χ0n) is 13.7. The molecule has 0 aromatic heterocycles. The fourth-order valence-corrected chi connectivity index (χ4v) is 2.66. The van der Waals surface area contributed by atoms with Gasteiger partial charge in [-0.25, -0.2) is 8.42 Å². The first-order chi connectivity index (χ1) is 12.0. The van der Waals surface area contributed by atoms with Crippen molar-refractivity contribution >= 4 is 27.3 Å². The van der Waals surface area contributed by atoms with Gasteiger partial charge in [0.2, 0.25) is 10.0 Å². The lowest BCUT2D eigenvalue weighted by molar-refractivity contribution is -0.137. The van der Waals surface area contributed by atoms with Crippen molar-refractivity contribution in [2.45, 2.75) is 6.18 Å². The maximum absolute atomic E-state index is 12.7. The van der Waals surface area contributed by atoms with E-state index >= 15 is 0 Å². The summed E-state index contributed by atoms with van der Waals surface area (Å²) in [6.07, 6.45) is -3.59. The smallest absolute Gasteiger partial charge is 0.416 e. The normalized spacial score (nSPS) is 11.7. The molecule has 1 amide bonds. The second-order valence-corrected chi connectivity index (χ2v) is 7.07. The number of carbonyl (C=O) groups is 1. The van der Waals surface area contributed by atoms with Crippen LogP contribution in [0.15, 0.2) is 42.5 Å². The third-order valence-electron chi connectivity index (χ3n) is 3.21. The summed E-state index contributed by atoms with van der Waals surface area (Å²) in [7, 11) is -2.22. The van der Waals surface area contributed by atoms with Crippen LogP contribution in [0.3, 0.4) is 0 Å². The van der Waals surface area contributed by atoms with Crippen LogP contribution in [-0.2, 0) is 16.2 Å². The van der Waals surface area contributed by atoms with Crippen LogP contribution in [0, 0.1) is 0 Å². The third-order valence-corrected chi connectivity index (χ3v) is 3.80. The molecule has 0 aliphatic carbocycles. The van der Waals surface area contributed by atoms with Crippen molar-refractivity contribution in [1.82, 2.24) is 0 Å². The molecule has 0 fully saturated rings. The lowest BCUT2D eigenvalue weighted by Gasteiger charge is -2.13. The number of alkyl halides is 3. The van der Waals surface area contributed by atoms with Crippen LogP contribution in [0.25, 0.3) is 0 Å². The number of methoxy groups -OCH3 is 1. The minimum atomic E-state index is -4.56. The molecule has 26 heavy (non-hydrogen) atoms. The molecule has 2 rings (SSSR count). The lowest BCUT2D eigenvalue weighted by atomic mass is 10.1. The highest BCUT2D eigenvalue weighted by atomic mass is 32.2. The quantitative estimate of drug-likeness (QED) is 0.823. The molecule has 0 bridgehead atoms. The van der Waals surface area contributed by atoms with Gasteiger partial charge in [-0.2, -0.15) is 13.2 Å². The zero-order chi connectivity index (χ0) is 19.5. The van der Waals surface area contributed by atoms with E-state index in [1.807, 2.05) is 0 Å². The number of hydrogen-bond donors (Lipinski definition) is 2. The van der Waals surface area contributed by atoms with E-state index in [-0.39, 0.29) is 22.7 Å². The van der Waals surface area contributed by atoms with Crippen LogP contribution in [0.1, 0.15) is 15.9 Å². The molecule has 0 saturated carbocycles. The summed E-state index contributed by atoms with van der Waals surface area (Å²) >= 11 is 0. The highest BCUT2D eigenvalue weighted by Gasteiger charge is 2.30. The van der Waals surface area contributed by atoms with Crippen molar-refractivity contribution in [3.8, 4) is 5.75 Å². The highest BCUT2D eigenvalue weighted by molar-refractivity contribution is 7.92. The van der Waals surface area contributed by atoms with Crippen molar-refractivity contribution in [2.75, 3.05) is 23.4 Å². The predicted molar refractivity (Wildman–Crippen MR) is 90.9 cm³/mol. The number of anilines is 2. The lowest BCUT2D eigenvalue weighted by Crippen LogP contribution is -2.14. The second kappa shape index (κ2) is 7.24. The van der Waals surface area contributed by atoms with Gasteiger partial charge in [0.25, 0.3) is 5.91 Å². The summed E-state index contributed by atoms with van der Waals surface area (Å²) in [5.41, 5.74) is -0.719. The Balaban J connectivity index is 2.24. The molecule has 0 saturated heterocycles. The van der Waals surface area contributed by atoms with E-state index in [1.165, 1.54) is 31.4 Å². The van der Waals surface area contributed by atoms with Crippen molar-refractivity contribution in [3.63, 3.8) is 0 Å². The van der Waals surface area contributed by atoms with Crippen LogP contribution < -0.4 is 14.8 Å². The van der Waals surface area contributed by atoms with E-state index < -0.39 is 27.7 Å². The minimum absolute atomic E-state index is 0.136. The molecule has 6 nitrogen and oxygen atoms in total. The van der Waals surface area contributed by atoms with Crippen molar-refractivity contribution < 1.29 is 31.1 Å². The average Bonchev–Trinajstić information content (AvgIpc) is 2.54. The van der Waals surface area contributed by atoms with E-state index in [1.54, 1.807) is 0 Å². The number of benzene rings is 2. The predicted octanol–water partition coefficient (Wildman–Crippen LogP) is 3.34. The van der Waals surface area contributed by atoms with Gasteiger partial charge in [-0.3, -0.25) is 9.52 Å². The summed E-state index contributed by atoms with van der Waals surface area (Å²) in [5.74, 6) is -0.612. The van der Waals surface area contributed by atoms with Crippen LogP contribution in [-0.4, -0.2) is 27.7 Å². The number of hydrogen-bond acceptors (Lipinski definition) is 4. The summed E-state index contributed by atoms with van der Waals surface area (Å²) in [5, 5.41) is 2.44. The molecule has 0 aliphatic heterocycles. The Kier molecular flexibility index (Phi) is 5.45. The Labute approximate surface area is 148 Å². The van der Waals surface area contributed by atoms with Gasteiger partial charge >= 0.3 is 6.18 Å². The fraction of sp³-hybridized carbons (Fsp3) is 0.188. The molecule has 0 heterocycles. The average molecular weight is 388 g/mol. The van der Waals surface area contributed by atoms with Gasteiger partial charge in [0.15, 0.2) is 0 Å². The first kappa shape index (κ1) is 19.6. The third kappa shape index (κ3) is 5.12. The minimum Gasteiger partial charge on any atom is -0.494 e. The molecule has 0 radical (unpaired) electrons. The number of carbonyl (C=O) groups excluding carboxylic acids is 1. The first-order valence-electron chi connectivity index (χ1n) is 7.14. The Morgan fingerprint density at radius 2 is 1.81 bits per heavy atom. The van der Waals surface area contributed by atoms with Gasteiger partial charge in [0.1, 0.15) is 5.75 Å². The number of nitrogens with one attached hydrogen (secondary N) is 2. The van der Waals surface area contributed by atoms with E-state index in [9.17, 15) is 26.4 Å². The number of rotatable bonds is 5. The Morgan fingerprint density at radius 3 is 2.38 bits per heavy atom. The number of amides is 1. The van der Waals surface area contributed by atoms with Gasteiger partial charge in [-0.05, 0) is 30.3 Å². The van der Waals surface area contributed by atoms with Crippen molar-refractivity contribution in [3.05, 3.63) is 53.6 Å². The maximum atomic E-state index is 12.7. The van der Waals surface area contributed by atoms with Gasteiger partial charge in [0, 0.05) is 17.3 Å². The molecule has 2 aromatic carbocycles. The second-order valence-electron chi connectivity index (χ2n) is 5.32. The molecule has 10 heteroatoms. The van der Waals surface area contributed by atoms with Crippen LogP contribution in [0.2, 0.25) is 0 Å². The number of sulfonamides is 1. The van der Waals surface area contributed by atoms with Crippen molar-refractivity contribution in [1.29, 1.82) is 0 Å². The fourth-order valence-electron chi connectivity index (χ4n) is 2.09. The topological polar surface area (TPSA) is 84.5 Å². The van der Waals surface area contributed by atoms with Gasteiger partial charge in [0.05, 0.1) is 24.6 Å². The zero-order valence-corrected chi connectivity index (χ0v) is 14.5. The van der Waals surface area contributed by atoms with Gasteiger partial charge < -0.3 is 10.1 Å². The van der Waals surface area contributed by atoms with E-state index in [0.29, 0.717) is 0 Å². The molecule has 2 N–H and O–H groups in total. The standard InChI is InChI=1S/C16H15F3N2O4S/c1-25-14-9-12(6-7-13(14)21-26(2,23)24)20-15(22)10-4-3-5-11(8-10)16(17,18)19/h3-9,21H,1-2H3,(H,20,22). The number of halogens is 3. The Bertz CT molecular complexity index is 927.